The zero-order valence-electron chi connectivity index (χ0n) is 10.4. The average molecular weight is 275 g/mol. The van der Waals surface area contributed by atoms with Gasteiger partial charge >= 0.3 is 0 Å². The third kappa shape index (κ3) is 2.50. The molecule has 0 aliphatic carbocycles. The molecule has 2 heterocycles. The Hall–Kier alpha value is -2.15. The van der Waals surface area contributed by atoms with E-state index in [4.69, 9.17) is 10.5 Å². The summed E-state index contributed by atoms with van der Waals surface area (Å²) in [6, 6.07) is 7.33. The minimum absolute atomic E-state index is 0.529. The third-order valence-electron chi connectivity index (χ3n) is 2.63. The number of anilines is 1. The first kappa shape index (κ1) is 11.9. The fourth-order valence-electron chi connectivity index (χ4n) is 1.73. The van der Waals surface area contributed by atoms with Crippen LogP contribution in [0, 0.1) is 6.92 Å². The number of nitrogens with two attached hydrogens (primary N) is 1. The molecule has 1 aromatic carbocycles. The Morgan fingerprint density at radius 1 is 1.26 bits per heavy atom. The number of ether oxygens (including phenoxy) is 1. The van der Waals surface area contributed by atoms with Gasteiger partial charge in [-0.2, -0.15) is 9.61 Å². The minimum Gasteiger partial charge on any atom is -0.493 e. The summed E-state index contributed by atoms with van der Waals surface area (Å²) >= 11 is 1.53. The number of rotatable bonds is 4. The standard InChI is InChI=1S/C12H13N5OS/c1-8-16-17-11(14-15-12(17)19-8)6-7-18-10-4-2-9(13)3-5-10/h2-5H,6-7,13H2,1H3. The molecular formula is C12H13N5OS. The molecule has 0 aliphatic heterocycles. The van der Waals surface area contributed by atoms with Crippen molar-refractivity contribution < 1.29 is 4.74 Å². The van der Waals surface area contributed by atoms with Gasteiger partial charge in [0.1, 0.15) is 10.8 Å². The van der Waals surface area contributed by atoms with E-state index < -0.39 is 0 Å². The highest BCUT2D eigenvalue weighted by molar-refractivity contribution is 7.16. The molecular weight excluding hydrogens is 262 g/mol. The first-order valence-electron chi connectivity index (χ1n) is 5.88. The second kappa shape index (κ2) is 4.85. The number of nitrogens with zero attached hydrogens (tertiary/aromatic N) is 4. The lowest BCUT2D eigenvalue weighted by Crippen LogP contribution is -2.05. The summed E-state index contributed by atoms with van der Waals surface area (Å²) in [6.07, 6.45) is 0.661. The molecule has 0 atom stereocenters. The highest BCUT2D eigenvalue weighted by Gasteiger charge is 2.09. The van der Waals surface area contributed by atoms with Crippen molar-refractivity contribution in [2.24, 2.45) is 0 Å². The van der Waals surface area contributed by atoms with Gasteiger partial charge in [0.05, 0.1) is 6.61 Å². The predicted octanol–water partition coefficient (Wildman–Crippen LogP) is 1.70. The van der Waals surface area contributed by atoms with Crippen LogP contribution in [0.15, 0.2) is 24.3 Å². The number of aryl methyl sites for hydroxylation is 1. The molecule has 0 saturated carbocycles. The summed E-state index contributed by atoms with van der Waals surface area (Å²) in [5.41, 5.74) is 6.34. The van der Waals surface area contributed by atoms with Crippen LogP contribution in [0.5, 0.6) is 5.75 Å². The van der Waals surface area contributed by atoms with E-state index in [9.17, 15) is 0 Å². The van der Waals surface area contributed by atoms with E-state index in [1.54, 1.807) is 4.52 Å². The van der Waals surface area contributed by atoms with Gasteiger partial charge in [0.25, 0.3) is 0 Å². The minimum atomic E-state index is 0.529. The van der Waals surface area contributed by atoms with E-state index in [0.717, 1.165) is 27.2 Å². The van der Waals surface area contributed by atoms with Gasteiger partial charge in [-0.25, -0.2) is 0 Å². The molecule has 0 radical (unpaired) electrons. The number of aromatic nitrogens is 4. The first-order chi connectivity index (χ1) is 9.22. The molecule has 0 spiro atoms. The maximum atomic E-state index is 5.63. The Labute approximate surface area is 113 Å². The molecule has 0 saturated heterocycles. The lowest BCUT2D eigenvalue weighted by Gasteiger charge is -2.04. The quantitative estimate of drug-likeness (QED) is 0.733. The summed E-state index contributed by atoms with van der Waals surface area (Å²) in [4.78, 5) is 0.819. The van der Waals surface area contributed by atoms with E-state index in [-0.39, 0.29) is 0 Å². The van der Waals surface area contributed by atoms with Crippen LogP contribution in [0.4, 0.5) is 5.69 Å². The van der Waals surface area contributed by atoms with Gasteiger partial charge in [0.15, 0.2) is 5.82 Å². The predicted molar refractivity (Wildman–Crippen MR) is 73.4 cm³/mol. The van der Waals surface area contributed by atoms with Crippen molar-refractivity contribution in [2.75, 3.05) is 12.3 Å². The largest absolute Gasteiger partial charge is 0.493 e. The third-order valence-corrected chi connectivity index (χ3v) is 3.45. The second-order valence-electron chi connectivity index (χ2n) is 4.10. The molecule has 7 heteroatoms. The number of benzene rings is 1. The van der Waals surface area contributed by atoms with Crippen LogP contribution in [-0.4, -0.2) is 26.4 Å². The molecule has 0 fully saturated rings. The van der Waals surface area contributed by atoms with E-state index in [2.05, 4.69) is 15.3 Å². The maximum Gasteiger partial charge on any atom is 0.234 e. The molecule has 3 rings (SSSR count). The average Bonchev–Trinajstić information content (AvgIpc) is 2.92. The van der Waals surface area contributed by atoms with Crippen LogP contribution < -0.4 is 10.5 Å². The molecule has 0 aliphatic rings. The van der Waals surface area contributed by atoms with Crippen LogP contribution in [0.3, 0.4) is 0 Å². The highest BCUT2D eigenvalue weighted by Crippen LogP contribution is 2.15. The Balaban J connectivity index is 1.64. The summed E-state index contributed by atoms with van der Waals surface area (Å²) in [7, 11) is 0. The SMILES string of the molecule is Cc1nn2c(CCOc3ccc(N)cc3)nnc2s1. The fourth-order valence-corrected chi connectivity index (χ4v) is 2.43. The van der Waals surface area contributed by atoms with Gasteiger partial charge in [-0.15, -0.1) is 10.2 Å². The Morgan fingerprint density at radius 2 is 2.05 bits per heavy atom. The van der Waals surface area contributed by atoms with Crippen LogP contribution in [0.1, 0.15) is 10.8 Å². The van der Waals surface area contributed by atoms with Gasteiger partial charge in [0, 0.05) is 12.1 Å². The molecule has 2 aromatic heterocycles. The van der Waals surface area contributed by atoms with Crippen LogP contribution in [0.2, 0.25) is 0 Å². The highest BCUT2D eigenvalue weighted by atomic mass is 32.1. The van der Waals surface area contributed by atoms with Crippen LogP contribution >= 0.6 is 11.3 Å². The Morgan fingerprint density at radius 3 is 2.84 bits per heavy atom. The van der Waals surface area contributed by atoms with Gasteiger partial charge in [0.2, 0.25) is 4.96 Å². The summed E-state index contributed by atoms with van der Waals surface area (Å²) in [5.74, 6) is 1.61. The first-order valence-corrected chi connectivity index (χ1v) is 6.70. The van der Waals surface area contributed by atoms with Crippen LogP contribution in [0.25, 0.3) is 4.96 Å². The summed E-state index contributed by atoms with van der Waals surface area (Å²) < 4.78 is 7.40. The topological polar surface area (TPSA) is 78.3 Å². The molecule has 6 nitrogen and oxygen atoms in total. The van der Waals surface area contributed by atoms with Crippen molar-refractivity contribution in [1.29, 1.82) is 0 Å². The summed E-state index contributed by atoms with van der Waals surface area (Å²) in [6.45, 7) is 2.48. The van der Waals surface area contributed by atoms with Gasteiger partial charge in [-0.3, -0.25) is 0 Å². The van der Waals surface area contributed by atoms with Gasteiger partial charge in [-0.05, 0) is 31.2 Å². The molecule has 0 unspecified atom stereocenters. The summed E-state index contributed by atoms with van der Waals surface area (Å²) in [5, 5.41) is 13.5. The van der Waals surface area contributed by atoms with Crippen LogP contribution in [-0.2, 0) is 6.42 Å². The zero-order chi connectivity index (χ0) is 13.2. The molecule has 0 bridgehead atoms. The van der Waals surface area contributed by atoms with Crippen molar-refractivity contribution in [3.63, 3.8) is 0 Å². The fraction of sp³-hybridized carbons (Fsp3) is 0.250. The molecule has 0 amide bonds. The monoisotopic (exact) mass is 275 g/mol. The number of fused-ring (bicyclic) bond motifs is 1. The number of hydrogen-bond acceptors (Lipinski definition) is 6. The van der Waals surface area contributed by atoms with E-state index in [1.807, 2.05) is 31.2 Å². The van der Waals surface area contributed by atoms with Crippen molar-refractivity contribution in [2.45, 2.75) is 13.3 Å². The normalized spacial score (nSPS) is 11.0. The lowest BCUT2D eigenvalue weighted by molar-refractivity contribution is 0.318. The Kier molecular flexibility index (Phi) is 3.04. The lowest BCUT2D eigenvalue weighted by atomic mass is 10.3. The smallest absolute Gasteiger partial charge is 0.234 e. The van der Waals surface area contributed by atoms with Crippen molar-refractivity contribution in [1.82, 2.24) is 19.8 Å². The van der Waals surface area contributed by atoms with E-state index in [1.165, 1.54) is 11.3 Å². The molecule has 2 N–H and O–H groups in total. The second-order valence-corrected chi connectivity index (χ2v) is 5.26. The number of nitrogen functional groups attached to an aromatic ring is 1. The molecule has 19 heavy (non-hydrogen) atoms. The zero-order valence-corrected chi connectivity index (χ0v) is 11.2. The number of hydrogen-bond donors (Lipinski definition) is 1. The van der Waals surface area contributed by atoms with Crippen molar-refractivity contribution in [3.8, 4) is 5.75 Å². The molecule has 98 valence electrons. The van der Waals surface area contributed by atoms with E-state index in [0.29, 0.717) is 13.0 Å². The van der Waals surface area contributed by atoms with Gasteiger partial charge in [-0.1, -0.05) is 11.3 Å². The van der Waals surface area contributed by atoms with Crippen molar-refractivity contribution >= 4 is 22.0 Å². The van der Waals surface area contributed by atoms with Gasteiger partial charge < -0.3 is 10.5 Å². The molecule has 3 aromatic rings. The Bertz CT molecular complexity index is 688. The van der Waals surface area contributed by atoms with Crippen molar-refractivity contribution in [3.05, 3.63) is 35.1 Å². The van der Waals surface area contributed by atoms with E-state index >= 15 is 0 Å². The maximum absolute atomic E-state index is 5.63.